The van der Waals surface area contributed by atoms with E-state index in [0.29, 0.717) is 11.1 Å². The first kappa shape index (κ1) is 24.2. The van der Waals surface area contributed by atoms with Crippen LogP contribution in [0.3, 0.4) is 0 Å². The number of anilines is 1. The van der Waals surface area contributed by atoms with Crippen molar-refractivity contribution in [3.63, 3.8) is 0 Å². The number of benzene rings is 1. The normalized spacial score (nSPS) is 10.8. The van der Waals surface area contributed by atoms with Crippen LogP contribution in [0.15, 0.2) is 29.1 Å². The summed E-state index contributed by atoms with van der Waals surface area (Å²) in [6, 6.07) is 7.17. The standard InChI is InChI=1S/C24H26N2O6S/c1-6-31-23(29)19-15(5)21(24(30)32-7-2)33-22(19)25-17(27)12-26-18(28)11-14(4)16-10-8-9-13(3)20(16)26/h8-11H,6-7,12H2,1-5H3,(H,25,27). The zero-order chi connectivity index (χ0) is 24.3. The van der Waals surface area contributed by atoms with Gasteiger partial charge >= 0.3 is 11.9 Å². The molecule has 0 aliphatic heterocycles. The summed E-state index contributed by atoms with van der Waals surface area (Å²) in [5.41, 5.74) is 2.55. The SMILES string of the molecule is CCOC(=O)c1sc(NC(=O)Cn2c(=O)cc(C)c3cccc(C)c32)c(C(=O)OCC)c1C. The summed E-state index contributed by atoms with van der Waals surface area (Å²) >= 11 is 0.946. The topological polar surface area (TPSA) is 104 Å². The molecule has 0 spiro atoms. The second-order valence-corrected chi connectivity index (χ2v) is 8.49. The molecule has 0 unspecified atom stereocenters. The maximum Gasteiger partial charge on any atom is 0.348 e. The largest absolute Gasteiger partial charge is 0.462 e. The predicted molar refractivity (Wildman–Crippen MR) is 127 cm³/mol. The number of para-hydroxylation sites is 1. The Morgan fingerprint density at radius 1 is 1.00 bits per heavy atom. The van der Waals surface area contributed by atoms with Crippen molar-refractivity contribution in [1.29, 1.82) is 0 Å². The van der Waals surface area contributed by atoms with Gasteiger partial charge in [-0.05, 0) is 51.3 Å². The highest BCUT2D eigenvalue weighted by molar-refractivity contribution is 7.18. The van der Waals surface area contributed by atoms with Gasteiger partial charge in [-0.1, -0.05) is 18.2 Å². The van der Waals surface area contributed by atoms with E-state index in [1.807, 2.05) is 32.0 Å². The van der Waals surface area contributed by atoms with Gasteiger partial charge in [0.25, 0.3) is 5.56 Å². The highest BCUT2D eigenvalue weighted by atomic mass is 32.1. The summed E-state index contributed by atoms with van der Waals surface area (Å²) in [5.74, 6) is -1.74. The quantitative estimate of drug-likeness (QED) is 0.524. The van der Waals surface area contributed by atoms with E-state index in [0.717, 1.165) is 27.8 Å². The molecule has 1 aromatic carbocycles. The zero-order valence-corrected chi connectivity index (χ0v) is 20.1. The van der Waals surface area contributed by atoms with E-state index in [1.165, 1.54) is 10.6 Å². The van der Waals surface area contributed by atoms with Gasteiger partial charge < -0.3 is 14.8 Å². The van der Waals surface area contributed by atoms with Crippen molar-refractivity contribution in [2.75, 3.05) is 18.5 Å². The lowest BCUT2D eigenvalue weighted by Crippen LogP contribution is -2.28. The van der Waals surface area contributed by atoms with Gasteiger partial charge in [-0.25, -0.2) is 9.59 Å². The van der Waals surface area contributed by atoms with E-state index in [9.17, 15) is 19.2 Å². The number of carbonyl (C=O) groups is 3. The van der Waals surface area contributed by atoms with Crippen LogP contribution in [0.25, 0.3) is 10.9 Å². The Morgan fingerprint density at radius 3 is 2.33 bits per heavy atom. The number of fused-ring (bicyclic) bond motifs is 1. The van der Waals surface area contributed by atoms with Crippen molar-refractivity contribution in [3.8, 4) is 0 Å². The van der Waals surface area contributed by atoms with Crippen molar-refractivity contribution in [2.24, 2.45) is 0 Å². The van der Waals surface area contributed by atoms with Crippen LogP contribution in [0.1, 0.15) is 50.6 Å². The summed E-state index contributed by atoms with van der Waals surface area (Å²) in [4.78, 5) is 50.8. The van der Waals surface area contributed by atoms with E-state index >= 15 is 0 Å². The van der Waals surface area contributed by atoms with Crippen LogP contribution in [-0.2, 0) is 20.8 Å². The van der Waals surface area contributed by atoms with Crippen LogP contribution in [0, 0.1) is 20.8 Å². The van der Waals surface area contributed by atoms with Crippen molar-refractivity contribution in [3.05, 3.63) is 61.8 Å². The lowest BCUT2D eigenvalue weighted by atomic mass is 10.1. The van der Waals surface area contributed by atoms with Crippen LogP contribution in [0.4, 0.5) is 5.00 Å². The average molecular weight is 471 g/mol. The zero-order valence-electron chi connectivity index (χ0n) is 19.2. The number of pyridine rings is 1. The molecular formula is C24H26N2O6S. The Labute approximate surface area is 195 Å². The number of hydrogen-bond donors (Lipinski definition) is 1. The first-order valence-corrected chi connectivity index (χ1v) is 11.4. The molecular weight excluding hydrogens is 444 g/mol. The first-order valence-electron chi connectivity index (χ1n) is 10.6. The van der Waals surface area contributed by atoms with E-state index < -0.39 is 17.8 Å². The molecule has 0 bridgehead atoms. The minimum Gasteiger partial charge on any atom is -0.462 e. The summed E-state index contributed by atoms with van der Waals surface area (Å²) in [5, 5.41) is 3.76. The Bertz CT molecular complexity index is 1300. The molecule has 174 valence electrons. The molecule has 0 aliphatic carbocycles. The van der Waals surface area contributed by atoms with Crippen LogP contribution in [0.5, 0.6) is 0 Å². The van der Waals surface area contributed by atoms with Gasteiger partial charge in [0.15, 0.2) is 0 Å². The predicted octanol–water partition coefficient (Wildman–Crippen LogP) is 3.98. The van der Waals surface area contributed by atoms with Gasteiger partial charge in [0.05, 0.1) is 24.3 Å². The highest BCUT2D eigenvalue weighted by Crippen LogP contribution is 2.34. The van der Waals surface area contributed by atoms with Crippen LogP contribution in [0.2, 0.25) is 0 Å². The number of nitrogens with one attached hydrogen (secondary N) is 1. The molecule has 0 aliphatic rings. The first-order chi connectivity index (χ1) is 15.7. The van der Waals surface area contributed by atoms with Gasteiger partial charge in [0.2, 0.25) is 5.91 Å². The van der Waals surface area contributed by atoms with E-state index in [1.54, 1.807) is 20.8 Å². The van der Waals surface area contributed by atoms with Crippen LogP contribution in [-0.4, -0.2) is 35.6 Å². The number of carbonyl (C=O) groups excluding carboxylic acids is 3. The molecule has 8 nitrogen and oxygen atoms in total. The summed E-state index contributed by atoms with van der Waals surface area (Å²) in [6.07, 6.45) is 0. The molecule has 0 saturated heterocycles. The molecule has 0 saturated carbocycles. The highest BCUT2D eigenvalue weighted by Gasteiger charge is 2.27. The average Bonchev–Trinajstić information content (AvgIpc) is 3.07. The Kier molecular flexibility index (Phi) is 7.33. The third kappa shape index (κ3) is 4.83. The fourth-order valence-electron chi connectivity index (χ4n) is 3.70. The Morgan fingerprint density at radius 2 is 1.67 bits per heavy atom. The minimum atomic E-state index is -0.647. The number of aryl methyl sites for hydroxylation is 2. The van der Waals surface area contributed by atoms with Crippen molar-refractivity contribution in [1.82, 2.24) is 4.57 Å². The molecule has 2 aromatic heterocycles. The number of aromatic nitrogens is 1. The summed E-state index contributed by atoms with van der Waals surface area (Å²) in [7, 11) is 0. The third-order valence-corrected chi connectivity index (χ3v) is 6.37. The minimum absolute atomic E-state index is 0.107. The Balaban J connectivity index is 2.00. The van der Waals surface area contributed by atoms with E-state index in [-0.39, 0.29) is 40.8 Å². The Hall–Kier alpha value is -3.46. The molecule has 1 N–H and O–H groups in total. The van der Waals surface area contributed by atoms with Crippen molar-refractivity contribution >= 4 is 45.1 Å². The fraction of sp³-hybridized carbons (Fsp3) is 0.333. The number of amides is 1. The third-order valence-electron chi connectivity index (χ3n) is 5.18. The van der Waals surface area contributed by atoms with Crippen molar-refractivity contribution < 1.29 is 23.9 Å². The number of nitrogens with zero attached hydrogens (tertiary/aromatic N) is 1. The summed E-state index contributed by atoms with van der Waals surface area (Å²) in [6.45, 7) is 8.74. The van der Waals surface area contributed by atoms with Gasteiger partial charge in [-0.2, -0.15) is 0 Å². The van der Waals surface area contributed by atoms with Crippen LogP contribution < -0.4 is 10.9 Å². The van der Waals surface area contributed by atoms with Crippen molar-refractivity contribution in [2.45, 2.75) is 41.2 Å². The molecule has 0 radical (unpaired) electrons. The maximum atomic E-state index is 13.0. The molecule has 33 heavy (non-hydrogen) atoms. The molecule has 1 amide bonds. The fourth-order valence-corrected chi connectivity index (χ4v) is 4.80. The number of esters is 2. The second kappa shape index (κ2) is 9.99. The van der Waals surface area contributed by atoms with Gasteiger partial charge in [0, 0.05) is 11.5 Å². The van der Waals surface area contributed by atoms with Gasteiger partial charge in [-0.15, -0.1) is 11.3 Å². The van der Waals surface area contributed by atoms with E-state index in [2.05, 4.69) is 5.32 Å². The second-order valence-electron chi connectivity index (χ2n) is 7.47. The van der Waals surface area contributed by atoms with Gasteiger partial charge in [0.1, 0.15) is 16.4 Å². The van der Waals surface area contributed by atoms with E-state index in [4.69, 9.17) is 9.47 Å². The molecule has 0 fully saturated rings. The molecule has 3 rings (SSSR count). The molecule has 0 atom stereocenters. The lowest BCUT2D eigenvalue weighted by molar-refractivity contribution is -0.116. The van der Waals surface area contributed by atoms with Crippen LogP contribution >= 0.6 is 11.3 Å². The maximum absolute atomic E-state index is 13.0. The number of hydrogen-bond acceptors (Lipinski definition) is 7. The smallest absolute Gasteiger partial charge is 0.348 e. The van der Waals surface area contributed by atoms with Gasteiger partial charge in [-0.3, -0.25) is 14.2 Å². The monoisotopic (exact) mass is 470 g/mol. The molecule has 2 heterocycles. The summed E-state index contributed by atoms with van der Waals surface area (Å²) < 4.78 is 11.6. The number of thiophene rings is 1. The molecule has 9 heteroatoms. The molecule has 3 aromatic rings. The number of rotatable bonds is 7. The lowest BCUT2D eigenvalue weighted by Gasteiger charge is -2.14. The number of ether oxygens (including phenoxy) is 2.